The van der Waals surface area contributed by atoms with E-state index in [4.69, 9.17) is 0 Å². The quantitative estimate of drug-likeness (QED) is 0.849. The van der Waals surface area contributed by atoms with Gasteiger partial charge in [0.1, 0.15) is 5.82 Å². The average molecular weight is 318 g/mol. The van der Waals surface area contributed by atoms with Crippen molar-refractivity contribution in [3.05, 3.63) is 35.1 Å². The number of hydrogen-bond acceptors (Lipinski definition) is 2. The van der Waals surface area contributed by atoms with E-state index >= 15 is 0 Å². The molecule has 1 aromatic rings. The highest BCUT2D eigenvalue weighted by Gasteiger charge is 2.37. The van der Waals surface area contributed by atoms with Crippen LogP contribution in [0.3, 0.4) is 0 Å². The third-order valence-electron chi connectivity index (χ3n) is 3.97. The van der Waals surface area contributed by atoms with Crippen molar-refractivity contribution in [2.45, 2.75) is 32.5 Å². The largest absolute Gasteiger partial charge is 0.416 e. The van der Waals surface area contributed by atoms with Crippen molar-refractivity contribution < 1.29 is 17.6 Å². The van der Waals surface area contributed by atoms with Crippen LogP contribution >= 0.6 is 0 Å². The molecule has 1 N–H and O–H groups in total. The minimum Gasteiger partial charge on any atom is -0.314 e. The van der Waals surface area contributed by atoms with Crippen LogP contribution < -0.4 is 5.32 Å². The molecule has 0 saturated carbocycles. The summed E-state index contributed by atoms with van der Waals surface area (Å²) in [5, 5.41) is 3.20. The maximum atomic E-state index is 13.3. The summed E-state index contributed by atoms with van der Waals surface area (Å²) < 4.78 is 53.2. The maximum absolute atomic E-state index is 13.3. The van der Waals surface area contributed by atoms with Gasteiger partial charge in [-0.3, -0.25) is 4.90 Å². The van der Waals surface area contributed by atoms with E-state index in [-0.39, 0.29) is 17.5 Å². The van der Waals surface area contributed by atoms with Crippen molar-refractivity contribution in [3.63, 3.8) is 0 Å². The van der Waals surface area contributed by atoms with Crippen LogP contribution in [0.2, 0.25) is 0 Å². The van der Waals surface area contributed by atoms with E-state index in [2.05, 4.69) is 10.2 Å². The van der Waals surface area contributed by atoms with E-state index in [1.54, 1.807) is 0 Å². The number of nitrogens with one attached hydrogen (secondary N) is 1. The Morgan fingerprint density at radius 1 is 1.18 bits per heavy atom. The summed E-state index contributed by atoms with van der Waals surface area (Å²) in [5.74, 6) is -0.592. The summed E-state index contributed by atoms with van der Waals surface area (Å²) in [6.07, 6.45) is -3.92. The van der Waals surface area contributed by atoms with Crippen LogP contribution in [0.5, 0.6) is 0 Å². The second-order valence-corrected chi connectivity index (χ2v) is 6.16. The highest BCUT2D eigenvalue weighted by molar-refractivity contribution is 5.33. The molecule has 22 heavy (non-hydrogen) atoms. The van der Waals surface area contributed by atoms with Crippen LogP contribution in [0, 0.1) is 11.7 Å². The minimum absolute atomic E-state index is 0.185. The van der Waals surface area contributed by atoms with Crippen LogP contribution in [-0.4, -0.2) is 31.1 Å². The van der Waals surface area contributed by atoms with E-state index in [1.165, 1.54) is 6.07 Å². The number of hydrogen-bond donors (Lipinski definition) is 1. The van der Waals surface area contributed by atoms with E-state index in [9.17, 15) is 17.6 Å². The molecule has 0 unspecified atom stereocenters. The molecule has 2 rings (SSSR count). The van der Waals surface area contributed by atoms with Crippen molar-refractivity contribution in [1.82, 2.24) is 10.2 Å². The summed E-state index contributed by atoms with van der Waals surface area (Å²) in [7, 11) is 0. The molecule has 0 radical (unpaired) electrons. The zero-order valence-electron chi connectivity index (χ0n) is 12.9. The lowest BCUT2D eigenvalue weighted by Crippen LogP contribution is -2.45. The molecule has 1 aliphatic rings. The number of rotatable bonds is 4. The van der Waals surface area contributed by atoms with Gasteiger partial charge in [-0.15, -0.1) is 0 Å². The van der Waals surface area contributed by atoms with Gasteiger partial charge in [0.05, 0.1) is 5.56 Å². The van der Waals surface area contributed by atoms with E-state index < -0.39 is 17.6 Å². The summed E-state index contributed by atoms with van der Waals surface area (Å²) >= 11 is 0. The molecular formula is C16H22F4N2. The van der Waals surface area contributed by atoms with Gasteiger partial charge in [0.15, 0.2) is 0 Å². The Morgan fingerprint density at radius 2 is 1.82 bits per heavy atom. The van der Waals surface area contributed by atoms with Crippen LogP contribution in [0.15, 0.2) is 18.2 Å². The lowest BCUT2D eigenvalue weighted by molar-refractivity contribution is -0.139. The third-order valence-corrected chi connectivity index (χ3v) is 3.97. The molecule has 1 aromatic carbocycles. The normalized spacial score (nSPS) is 18.7. The number of halogens is 4. The molecule has 6 heteroatoms. The molecule has 2 nitrogen and oxygen atoms in total. The molecule has 0 amide bonds. The van der Waals surface area contributed by atoms with Crippen LogP contribution in [0.25, 0.3) is 0 Å². The summed E-state index contributed by atoms with van der Waals surface area (Å²) in [5.41, 5.74) is -0.666. The lowest BCUT2D eigenvalue weighted by atomic mass is 9.91. The van der Waals surface area contributed by atoms with Gasteiger partial charge in [-0.2, -0.15) is 13.2 Å². The first-order chi connectivity index (χ1) is 10.3. The lowest BCUT2D eigenvalue weighted by Gasteiger charge is -2.37. The van der Waals surface area contributed by atoms with Gasteiger partial charge in [0, 0.05) is 32.2 Å². The SMILES string of the molecule is CC(C)C[C@@H](c1ccc(F)cc1C(F)(F)F)N1CCNCC1. The summed E-state index contributed by atoms with van der Waals surface area (Å²) in [6, 6.07) is 2.71. The first-order valence-corrected chi connectivity index (χ1v) is 7.60. The molecule has 1 saturated heterocycles. The molecule has 0 aromatic heterocycles. The van der Waals surface area contributed by atoms with Gasteiger partial charge in [-0.05, 0) is 30.0 Å². The smallest absolute Gasteiger partial charge is 0.314 e. The molecule has 0 aliphatic carbocycles. The van der Waals surface area contributed by atoms with Crippen LogP contribution in [0.1, 0.15) is 37.4 Å². The van der Waals surface area contributed by atoms with Crippen molar-refractivity contribution >= 4 is 0 Å². The highest BCUT2D eigenvalue weighted by Crippen LogP contribution is 2.39. The third kappa shape index (κ3) is 4.20. The molecule has 0 spiro atoms. The van der Waals surface area contributed by atoms with Crippen molar-refractivity contribution in [2.24, 2.45) is 5.92 Å². The predicted octanol–water partition coefficient (Wildman–Crippen LogP) is 3.84. The van der Waals surface area contributed by atoms with Gasteiger partial charge in [0.25, 0.3) is 0 Å². The Balaban J connectivity index is 2.42. The second-order valence-electron chi connectivity index (χ2n) is 6.16. The highest BCUT2D eigenvalue weighted by atomic mass is 19.4. The van der Waals surface area contributed by atoms with Crippen molar-refractivity contribution in [2.75, 3.05) is 26.2 Å². The molecule has 124 valence electrons. The van der Waals surface area contributed by atoms with Gasteiger partial charge in [-0.1, -0.05) is 19.9 Å². The van der Waals surface area contributed by atoms with Gasteiger partial charge in [-0.25, -0.2) is 4.39 Å². The Kier molecular flexibility index (Phi) is 5.45. The molecule has 0 bridgehead atoms. The Bertz CT molecular complexity index is 493. The van der Waals surface area contributed by atoms with Gasteiger partial charge >= 0.3 is 6.18 Å². The number of piperazine rings is 1. The first kappa shape index (κ1) is 17.2. The van der Waals surface area contributed by atoms with Gasteiger partial charge in [0.2, 0.25) is 0 Å². The van der Waals surface area contributed by atoms with Crippen LogP contribution in [-0.2, 0) is 6.18 Å². The Morgan fingerprint density at radius 3 is 2.36 bits per heavy atom. The monoisotopic (exact) mass is 318 g/mol. The maximum Gasteiger partial charge on any atom is 0.416 e. The average Bonchev–Trinajstić information content (AvgIpc) is 2.45. The molecule has 1 atom stereocenters. The molecule has 1 fully saturated rings. The number of benzene rings is 1. The second kappa shape index (κ2) is 6.96. The topological polar surface area (TPSA) is 15.3 Å². The first-order valence-electron chi connectivity index (χ1n) is 7.60. The van der Waals surface area contributed by atoms with Crippen molar-refractivity contribution in [3.8, 4) is 0 Å². The fourth-order valence-electron chi connectivity index (χ4n) is 2.98. The van der Waals surface area contributed by atoms with Crippen LogP contribution in [0.4, 0.5) is 17.6 Å². The standard InChI is InChI=1S/C16H22F4N2/c1-11(2)9-15(22-7-5-21-6-8-22)13-4-3-12(17)10-14(13)16(18,19)20/h3-4,10-11,15,21H,5-9H2,1-2H3/t15-/m0/s1. The van der Waals surface area contributed by atoms with E-state index in [0.717, 1.165) is 19.2 Å². The van der Waals surface area contributed by atoms with Gasteiger partial charge < -0.3 is 5.32 Å². The molecule has 1 heterocycles. The summed E-state index contributed by atoms with van der Waals surface area (Å²) in [6.45, 7) is 6.91. The fourth-order valence-corrected chi connectivity index (χ4v) is 2.98. The number of nitrogens with zero attached hydrogens (tertiary/aromatic N) is 1. The molecule has 1 aliphatic heterocycles. The predicted molar refractivity (Wildman–Crippen MR) is 78.0 cm³/mol. The zero-order chi connectivity index (χ0) is 16.3. The Labute approximate surface area is 128 Å². The Hall–Kier alpha value is -1.14. The van der Waals surface area contributed by atoms with E-state index in [0.29, 0.717) is 25.6 Å². The zero-order valence-corrected chi connectivity index (χ0v) is 12.9. The minimum atomic E-state index is -4.54. The summed E-state index contributed by atoms with van der Waals surface area (Å²) in [4.78, 5) is 2.07. The fraction of sp³-hybridized carbons (Fsp3) is 0.625. The van der Waals surface area contributed by atoms with Crippen molar-refractivity contribution in [1.29, 1.82) is 0 Å². The molecular weight excluding hydrogens is 296 g/mol. The van der Waals surface area contributed by atoms with E-state index in [1.807, 2.05) is 13.8 Å². The number of alkyl halides is 3.